The standard InChI is InChI=1S/C31H22IN3O3/c1-38-23-14-12-22(13-15-23)35-29(33-27-16-11-21(32)17-26(27)31(35)37)18-25-24-9-5-6-10-28(24)34(30(25)36)19-20-7-3-2-4-8-20/h2-18H,19H2,1H3/b25-18+. The van der Waals surface area contributed by atoms with Crippen LogP contribution in [-0.2, 0) is 11.3 Å². The lowest BCUT2D eigenvalue weighted by molar-refractivity contribution is -0.113. The largest absolute Gasteiger partial charge is 0.497 e. The van der Waals surface area contributed by atoms with Crippen molar-refractivity contribution in [3.63, 3.8) is 0 Å². The second-order valence-corrected chi connectivity index (χ2v) is 10.2. The Bertz CT molecular complexity index is 1780. The third kappa shape index (κ3) is 4.28. The Kier molecular flexibility index (Phi) is 6.29. The van der Waals surface area contributed by atoms with Crippen LogP contribution in [0.15, 0.2) is 102 Å². The summed E-state index contributed by atoms with van der Waals surface area (Å²) in [6.07, 6.45) is 1.73. The number of para-hydroxylation sites is 1. The first-order chi connectivity index (χ1) is 18.5. The summed E-state index contributed by atoms with van der Waals surface area (Å²) < 4.78 is 7.81. The van der Waals surface area contributed by atoms with E-state index in [9.17, 15) is 9.59 Å². The summed E-state index contributed by atoms with van der Waals surface area (Å²) in [7, 11) is 1.60. The summed E-state index contributed by atoms with van der Waals surface area (Å²) in [5.41, 5.74) is 4.18. The molecular weight excluding hydrogens is 589 g/mol. The molecule has 0 radical (unpaired) electrons. The number of anilines is 1. The molecule has 0 saturated heterocycles. The molecule has 0 aliphatic carbocycles. The van der Waals surface area contributed by atoms with Gasteiger partial charge in [-0.15, -0.1) is 0 Å². The first-order valence-corrected chi connectivity index (χ1v) is 13.1. The van der Waals surface area contributed by atoms with Crippen LogP contribution in [0.3, 0.4) is 0 Å². The Labute approximate surface area is 233 Å². The monoisotopic (exact) mass is 611 g/mol. The van der Waals surface area contributed by atoms with E-state index in [2.05, 4.69) is 22.6 Å². The summed E-state index contributed by atoms with van der Waals surface area (Å²) in [6, 6.07) is 30.4. The quantitative estimate of drug-likeness (QED) is 0.179. The van der Waals surface area contributed by atoms with Crippen LogP contribution in [0.5, 0.6) is 5.75 Å². The van der Waals surface area contributed by atoms with Crippen LogP contribution in [-0.4, -0.2) is 22.6 Å². The van der Waals surface area contributed by atoms with Gasteiger partial charge >= 0.3 is 0 Å². The number of halogens is 1. The molecule has 0 spiro atoms. The second-order valence-electron chi connectivity index (χ2n) is 8.92. The maximum atomic E-state index is 13.8. The van der Waals surface area contributed by atoms with Gasteiger partial charge in [0, 0.05) is 9.13 Å². The predicted octanol–water partition coefficient (Wildman–Crippen LogP) is 6.09. The zero-order valence-electron chi connectivity index (χ0n) is 20.5. The molecule has 0 fully saturated rings. The zero-order chi connectivity index (χ0) is 26.2. The van der Waals surface area contributed by atoms with Crippen molar-refractivity contribution in [2.24, 2.45) is 0 Å². The van der Waals surface area contributed by atoms with Gasteiger partial charge in [0.2, 0.25) is 0 Å². The van der Waals surface area contributed by atoms with E-state index in [0.717, 1.165) is 20.4 Å². The smallest absolute Gasteiger partial charge is 0.266 e. The van der Waals surface area contributed by atoms with Crippen molar-refractivity contribution < 1.29 is 9.53 Å². The fourth-order valence-corrected chi connectivity index (χ4v) is 5.24. The van der Waals surface area contributed by atoms with E-state index in [1.807, 2.05) is 84.9 Å². The molecule has 0 N–H and O–H groups in total. The van der Waals surface area contributed by atoms with Gasteiger partial charge in [-0.1, -0.05) is 48.5 Å². The number of hydrogen-bond acceptors (Lipinski definition) is 4. The van der Waals surface area contributed by atoms with Crippen LogP contribution in [0.4, 0.5) is 5.69 Å². The van der Waals surface area contributed by atoms with Crippen molar-refractivity contribution in [1.29, 1.82) is 0 Å². The van der Waals surface area contributed by atoms with Crippen LogP contribution in [0.2, 0.25) is 0 Å². The molecule has 6 nitrogen and oxygen atoms in total. The van der Waals surface area contributed by atoms with Gasteiger partial charge in [0.25, 0.3) is 11.5 Å². The van der Waals surface area contributed by atoms with Gasteiger partial charge < -0.3 is 9.64 Å². The Balaban J connectivity index is 1.55. The normalized spacial score (nSPS) is 13.8. The lowest BCUT2D eigenvalue weighted by atomic mass is 10.1. The van der Waals surface area contributed by atoms with Crippen molar-refractivity contribution in [1.82, 2.24) is 9.55 Å². The van der Waals surface area contributed by atoms with Crippen molar-refractivity contribution >= 4 is 56.7 Å². The lowest BCUT2D eigenvalue weighted by Gasteiger charge is -2.17. The fourth-order valence-electron chi connectivity index (χ4n) is 4.75. The summed E-state index contributed by atoms with van der Waals surface area (Å²) in [6.45, 7) is 0.447. The highest BCUT2D eigenvalue weighted by atomic mass is 127. The number of amides is 1. The number of rotatable bonds is 5. The number of carbonyl (C=O) groups excluding carboxylic acids is 1. The third-order valence-corrected chi connectivity index (χ3v) is 7.28. The Morgan fingerprint density at radius 3 is 2.39 bits per heavy atom. The molecular formula is C31H22IN3O3. The van der Waals surface area contributed by atoms with Gasteiger partial charge in [-0.05, 0) is 82.8 Å². The van der Waals surface area contributed by atoms with Gasteiger partial charge in [-0.25, -0.2) is 4.98 Å². The number of carbonyl (C=O) groups is 1. The number of benzene rings is 4. The van der Waals surface area contributed by atoms with Gasteiger partial charge in [0.05, 0.1) is 41.5 Å². The Hall–Kier alpha value is -4.24. The van der Waals surface area contributed by atoms with Crippen LogP contribution >= 0.6 is 22.6 Å². The SMILES string of the molecule is COc1ccc(-n2c(/C=C3/C(=O)N(Cc4ccccc4)c4ccccc43)nc3ccc(I)cc3c2=O)cc1. The summed E-state index contributed by atoms with van der Waals surface area (Å²) in [5, 5.41) is 0.513. The van der Waals surface area contributed by atoms with E-state index in [-0.39, 0.29) is 11.5 Å². The zero-order valence-corrected chi connectivity index (χ0v) is 22.6. The third-order valence-electron chi connectivity index (χ3n) is 6.60. The highest BCUT2D eigenvalue weighted by molar-refractivity contribution is 14.1. The minimum absolute atomic E-state index is 0.131. The van der Waals surface area contributed by atoms with Gasteiger partial charge in [0.1, 0.15) is 11.6 Å². The molecule has 7 heteroatoms. The van der Waals surface area contributed by atoms with E-state index < -0.39 is 0 Å². The Morgan fingerprint density at radius 2 is 1.63 bits per heavy atom. The molecule has 6 rings (SSSR count). The van der Waals surface area contributed by atoms with Crippen molar-refractivity contribution in [3.8, 4) is 11.4 Å². The molecule has 0 atom stereocenters. The van der Waals surface area contributed by atoms with E-state index in [4.69, 9.17) is 9.72 Å². The predicted molar refractivity (Wildman–Crippen MR) is 159 cm³/mol. The number of aromatic nitrogens is 2. The molecule has 1 aromatic heterocycles. The lowest BCUT2D eigenvalue weighted by Crippen LogP contribution is -2.26. The van der Waals surface area contributed by atoms with E-state index in [0.29, 0.717) is 40.3 Å². The van der Waals surface area contributed by atoms with Crippen molar-refractivity contribution in [2.75, 3.05) is 12.0 Å². The topological polar surface area (TPSA) is 64.4 Å². The second kappa shape index (κ2) is 9.90. The minimum atomic E-state index is -0.203. The van der Waals surface area contributed by atoms with Crippen molar-refractivity contribution in [2.45, 2.75) is 6.54 Å². The molecule has 186 valence electrons. The molecule has 2 heterocycles. The molecule has 0 saturated carbocycles. The highest BCUT2D eigenvalue weighted by Gasteiger charge is 2.32. The highest BCUT2D eigenvalue weighted by Crippen LogP contribution is 2.38. The van der Waals surface area contributed by atoms with Crippen LogP contribution in [0.1, 0.15) is 17.0 Å². The average molecular weight is 611 g/mol. The number of nitrogens with zero attached hydrogens (tertiary/aromatic N) is 3. The number of ether oxygens (including phenoxy) is 1. The first-order valence-electron chi connectivity index (χ1n) is 12.1. The van der Waals surface area contributed by atoms with Gasteiger partial charge in [0.15, 0.2) is 0 Å². The Morgan fingerprint density at radius 1 is 0.895 bits per heavy atom. The minimum Gasteiger partial charge on any atom is -0.497 e. The number of fused-ring (bicyclic) bond motifs is 2. The van der Waals surface area contributed by atoms with Crippen LogP contribution < -0.4 is 15.2 Å². The van der Waals surface area contributed by atoms with E-state index in [1.165, 1.54) is 0 Å². The number of methoxy groups -OCH3 is 1. The molecule has 0 bridgehead atoms. The maximum absolute atomic E-state index is 13.8. The summed E-state index contributed by atoms with van der Waals surface area (Å²) >= 11 is 2.19. The molecule has 1 aliphatic rings. The molecule has 4 aromatic carbocycles. The first kappa shape index (κ1) is 24.1. The van der Waals surface area contributed by atoms with Gasteiger partial charge in [-0.2, -0.15) is 0 Å². The average Bonchev–Trinajstić information content (AvgIpc) is 3.20. The maximum Gasteiger partial charge on any atom is 0.266 e. The molecule has 38 heavy (non-hydrogen) atoms. The van der Waals surface area contributed by atoms with E-state index >= 15 is 0 Å². The summed E-state index contributed by atoms with van der Waals surface area (Å²) in [4.78, 5) is 34.3. The van der Waals surface area contributed by atoms with Crippen molar-refractivity contribution in [3.05, 3.63) is 128 Å². The molecule has 1 amide bonds. The van der Waals surface area contributed by atoms with E-state index in [1.54, 1.807) is 34.8 Å². The van der Waals surface area contributed by atoms with Crippen LogP contribution in [0.25, 0.3) is 28.2 Å². The number of hydrogen-bond donors (Lipinski definition) is 0. The van der Waals surface area contributed by atoms with Crippen LogP contribution in [0, 0.1) is 3.57 Å². The summed E-state index contributed by atoms with van der Waals surface area (Å²) in [5.74, 6) is 0.934. The fraction of sp³-hybridized carbons (Fsp3) is 0.0645. The molecule has 0 unspecified atom stereocenters. The van der Waals surface area contributed by atoms with Gasteiger partial charge in [-0.3, -0.25) is 14.2 Å². The molecule has 1 aliphatic heterocycles. The molecule has 5 aromatic rings.